The Morgan fingerprint density at radius 1 is 1.32 bits per heavy atom. The van der Waals surface area contributed by atoms with Gasteiger partial charge in [0.2, 0.25) is 17.6 Å². The number of hydrogen-bond donors (Lipinski definition) is 1. The van der Waals surface area contributed by atoms with E-state index in [0.717, 1.165) is 0 Å². The first-order valence-electron chi connectivity index (χ1n) is 5.57. The highest BCUT2D eigenvalue weighted by molar-refractivity contribution is 6.27. The maximum Gasteiger partial charge on any atom is 0.243 e. The number of aromatic nitrogens is 1. The average molecular weight is 257 g/mol. The van der Waals surface area contributed by atoms with Crippen LogP contribution >= 0.6 is 0 Å². The van der Waals surface area contributed by atoms with E-state index in [4.69, 9.17) is 0 Å². The van der Waals surface area contributed by atoms with Gasteiger partial charge in [0.05, 0.1) is 11.4 Å². The molecule has 0 saturated carbocycles. The molecule has 1 aromatic rings. The van der Waals surface area contributed by atoms with E-state index in [9.17, 15) is 14.4 Å². The molecule has 0 unspecified atom stereocenters. The number of pyridine rings is 1. The number of rotatable bonds is 1. The number of ketones is 1. The molecular formula is C13H11N3O3. The Bertz CT molecular complexity index is 644. The predicted molar refractivity (Wildman–Crippen MR) is 67.7 cm³/mol. The SMILES string of the molecule is CC(=O)N=C1C=C(NC(C)=O)C(=O)c2ncccc21. The molecule has 1 N–H and O–H groups in total. The Balaban J connectivity index is 2.58. The van der Waals surface area contributed by atoms with Crippen LogP contribution in [0.3, 0.4) is 0 Å². The Hall–Kier alpha value is -2.63. The maximum absolute atomic E-state index is 12.1. The smallest absolute Gasteiger partial charge is 0.243 e. The highest BCUT2D eigenvalue weighted by Gasteiger charge is 2.26. The van der Waals surface area contributed by atoms with Gasteiger partial charge in [-0.15, -0.1) is 0 Å². The lowest BCUT2D eigenvalue weighted by molar-refractivity contribution is -0.118. The van der Waals surface area contributed by atoms with Gasteiger partial charge >= 0.3 is 0 Å². The quantitative estimate of drug-likeness (QED) is 0.799. The van der Waals surface area contributed by atoms with E-state index in [0.29, 0.717) is 11.3 Å². The fourth-order valence-corrected chi connectivity index (χ4v) is 1.75. The molecule has 1 aliphatic rings. The van der Waals surface area contributed by atoms with E-state index in [1.807, 2.05) is 0 Å². The van der Waals surface area contributed by atoms with Gasteiger partial charge < -0.3 is 5.32 Å². The second-order valence-electron chi connectivity index (χ2n) is 3.98. The summed E-state index contributed by atoms with van der Waals surface area (Å²) in [6, 6.07) is 3.31. The van der Waals surface area contributed by atoms with Crippen LogP contribution < -0.4 is 5.32 Å². The summed E-state index contributed by atoms with van der Waals surface area (Å²) in [5.41, 5.74) is 1.04. The molecule has 0 spiro atoms. The minimum Gasteiger partial charge on any atom is -0.323 e. The fourth-order valence-electron chi connectivity index (χ4n) is 1.75. The molecule has 6 nitrogen and oxygen atoms in total. The number of Topliss-reactive ketones (excluding diaryl/α,β-unsaturated/α-hetero) is 1. The molecule has 1 heterocycles. The van der Waals surface area contributed by atoms with Crippen LogP contribution in [0.2, 0.25) is 0 Å². The summed E-state index contributed by atoms with van der Waals surface area (Å²) in [5.74, 6) is -1.16. The number of nitrogens with zero attached hydrogens (tertiary/aromatic N) is 2. The van der Waals surface area contributed by atoms with Crippen molar-refractivity contribution < 1.29 is 14.4 Å². The third kappa shape index (κ3) is 2.62. The van der Waals surface area contributed by atoms with Gasteiger partial charge in [-0.2, -0.15) is 0 Å². The largest absolute Gasteiger partial charge is 0.323 e. The van der Waals surface area contributed by atoms with Gasteiger partial charge in [0.15, 0.2) is 0 Å². The Morgan fingerprint density at radius 3 is 2.68 bits per heavy atom. The number of carbonyl (C=O) groups is 3. The minimum absolute atomic E-state index is 0.0682. The molecule has 2 rings (SSSR count). The van der Waals surface area contributed by atoms with Crippen LogP contribution in [0.5, 0.6) is 0 Å². The number of hydrogen-bond acceptors (Lipinski definition) is 4. The van der Waals surface area contributed by atoms with Crippen molar-refractivity contribution in [3.8, 4) is 0 Å². The van der Waals surface area contributed by atoms with Gasteiger partial charge in [-0.25, -0.2) is 4.99 Å². The molecule has 2 amide bonds. The standard InChI is InChI=1S/C13H11N3O3/c1-7(17)15-10-6-11(16-8(2)18)13(19)12-9(10)4-3-5-14-12/h3-6H,1-2H3,(H,16,18). The molecule has 0 fully saturated rings. The van der Waals surface area contributed by atoms with E-state index in [-0.39, 0.29) is 17.3 Å². The van der Waals surface area contributed by atoms with Crippen molar-refractivity contribution in [3.63, 3.8) is 0 Å². The summed E-state index contributed by atoms with van der Waals surface area (Å²) in [4.78, 5) is 42.1. The molecule has 0 radical (unpaired) electrons. The van der Waals surface area contributed by atoms with E-state index in [1.54, 1.807) is 12.1 Å². The highest BCUT2D eigenvalue weighted by Crippen LogP contribution is 2.18. The molecule has 1 aromatic heterocycles. The summed E-state index contributed by atoms with van der Waals surface area (Å²) < 4.78 is 0. The molecule has 6 heteroatoms. The van der Waals surface area contributed by atoms with E-state index in [2.05, 4.69) is 15.3 Å². The summed E-state index contributed by atoms with van der Waals surface area (Å²) in [5, 5.41) is 2.42. The Labute approximate surface area is 109 Å². The van der Waals surface area contributed by atoms with Crippen molar-refractivity contribution in [2.45, 2.75) is 13.8 Å². The number of nitrogens with one attached hydrogen (secondary N) is 1. The Morgan fingerprint density at radius 2 is 2.05 bits per heavy atom. The summed E-state index contributed by atoms with van der Waals surface area (Å²) in [6.07, 6.45) is 2.86. The monoisotopic (exact) mass is 257 g/mol. The Kier molecular flexibility index (Phi) is 3.33. The van der Waals surface area contributed by atoms with Crippen LogP contribution in [0, 0.1) is 0 Å². The number of aliphatic imine (C=N–C) groups is 1. The zero-order valence-electron chi connectivity index (χ0n) is 10.4. The van der Waals surface area contributed by atoms with Gasteiger partial charge in [-0.05, 0) is 18.2 Å². The lowest BCUT2D eigenvalue weighted by atomic mass is 9.96. The number of fused-ring (bicyclic) bond motifs is 1. The number of amides is 2. The first-order valence-corrected chi connectivity index (χ1v) is 5.57. The van der Waals surface area contributed by atoms with Crippen molar-refractivity contribution >= 4 is 23.3 Å². The molecule has 0 aliphatic heterocycles. The molecule has 0 bridgehead atoms. The van der Waals surface area contributed by atoms with Crippen LogP contribution in [0.4, 0.5) is 0 Å². The third-order valence-electron chi connectivity index (χ3n) is 2.41. The number of allylic oxidation sites excluding steroid dienone is 2. The molecule has 0 atom stereocenters. The second kappa shape index (κ2) is 4.93. The lowest BCUT2D eigenvalue weighted by Crippen LogP contribution is -2.30. The molecule has 19 heavy (non-hydrogen) atoms. The predicted octanol–water partition coefficient (Wildman–Crippen LogP) is 0.633. The topological polar surface area (TPSA) is 88.5 Å². The van der Waals surface area contributed by atoms with Crippen molar-refractivity contribution in [3.05, 3.63) is 41.4 Å². The second-order valence-corrected chi connectivity index (χ2v) is 3.98. The maximum atomic E-state index is 12.1. The van der Waals surface area contributed by atoms with E-state index >= 15 is 0 Å². The van der Waals surface area contributed by atoms with Crippen LogP contribution in [-0.2, 0) is 9.59 Å². The van der Waals surface area contributed by atoms with Gasteiger partial charge in [-0.3, -0.25) is 19.4 Å². The van der Waals surface area contributed by atoms with Crippen LogP contribution in [-0.4, -0.2) is 28.3 Å². The van der Waals surface area contributed by atoms with Crippen molar-refractivity contribution in [2.75, 3.05) is 0 Å². The normalized spacial score (nSPS) is 15.8. The number of carbonyl (C=O) groups excluding carboxylic acids is 3. The zero-order chi connectivity index (χ0) is 14.0. The summed E-state index contributed by atoms with van der Waals surface area (Å²) in [7, 11) is 0. The minimum atomic E-state index is -0.395. The van der Waals surface area contributed by atoms with Crippen LogP contribution in [0.15, 0.2) is 35.1 Å². The molecule has 1 aliphatic carbocycles. The average Bonchev–Trinajstić information content (AvgIpc) is 2.34. The molecule has 96 valence electrons. The lowest BCUT2D eigenvalue weighted by Gasteiger charge is -2.16. The first-order chi connectivity index (χ1) is 8.99. The summed E-state index contributed by atoms with van der Waals surface area (Å²) in [6.45, 7) is 2.61. The molecule has 0 aromatic carbocycles. The van der Waals surface area contributed by atoms with Crippen molar-refractivity contribution in [1.82, 2.24) is 10.3 Å². The first kappa shape index (κ1) is 12.8. The van der Waals surface area contributed by atoms with Gasteiger partial charge in [0.25, 0.3) is 0 Å². The zero-order valence-corrected chi connectivity index (χ0v) is 10.4. The van der Waals surface area contributed by atoms with Crippen LogP contribution in [0.25, 0.3) is 0 Å². The van der Waals surface area contributed by atoms with E-state index in [1.165, 1.54) is 26.1 Å². The van der Waals surface area contributed by atoms with Gasteiger partial charge in [-0.1, -0.05) is 0 Å². The van der Waals surface area contributed by atoms with Crippen molar-refractivity contribution in [1.29, 1.82) is 0 Å². The third-order valence-corrected chi connectivity index (χ3v) is 2.41. The highest BCUT2D eigenvalue weighted by atomic mass is 16.2. The van der Waals surface area contributed by atoms with Gasteiger partial charge in [0, 0.05) is 25.6 Å². The van der Waals surface area contributed by atoms with Gasteiger partial charge in [0.1, 0.15) is 5.69 Å². The van der Waals surface area contributed by atoms with Crippen molar-refractivity contribution in [2.24, 2.45) is 4.99 Å². The van der Waals surface area contributed by atoms with Crippen LogP contribution in [0.1, 0.15) is 29.9 Å². The molecular weight excluding hydrogens is 246 g/mol. The summed E-state index contributed by atoms with van der Waals surface area (Å²) >= 11 is 0. The van der Waals surface area contributed by atoms with E-state index < -0.39 is 11.7 Å². The fraction of sp³-hybridized carbons (Fsp3) is 0.154. The molecule has 0 saturated heterocycles.